The summed E-state index contributed by atoms with van der Waals surface area (Å²) in [5.41, 5.74) is 2.89. The van der Waals surface area contributed by atoms with Crippen molar-refractivity contribution in [1.29, 1.82) is 0 Å². The number of nitro benzene ring substituents is 1. The standard InChI is InChI=1S/C25H22N4O6/c30-25-18-3-1-2-4-19(18)26-24(28(25)17-6-8-22-23(14-17)35-15-34-22)16-5-7-20(21(13-16)29(31)32)27-9-11-33-12-10-27/h1-8,13-14,24,26H,9-12,15H2/t24-/m1/s1. The molecule has 3 heterocycles. The summed E-state index contributed by atoms with van der Waals surface area (Å²) in [6, 6.07) is 17.6. The third-order valence-electron chi connectivity index (χ3n) is 6.42. The Labute approximate surface area is 200 Å². The maximum Gasteiger partial charge on any atom is 0.292 e. The average Bonchev–Trinajstić information content (AvgIpc) is 3.37. The highest BCUT2D eigenvalue weighted by atomic mass is 16.7. The van der Waals surface area contributed by atoms with Gasteiger partial charge in [0.05, 0.1) is 29.4 Å². The van der Waals surface area contributed by atoms with Crippen LogP contribution in [-0.2, 0) is 4.74 Å². The van der Waals surface area contributed by atoms with Gasteiger partial charge in [0.15, 0.2) is 11.5 Å². The topological polar surface area (TPSA) is 106 Å². The first-order valence-electron chi connectivity index (χ1n) is 11.3. The van der Waals surface area contributed by atoms with Gasteiger partial charge in [-0.3, -0.25) is 19.8 Å². The monoisotopic (exact) mass is 474 g/mol. The number of ether oxygens (including phenoxy) is 3. The number of rotatable bonds is 4. The number of nitrogens with one attached hydrogen (secondary N) is 1. The summed E-state index contributed by atoms with van der Waals surface area (Å²) in [6.45, 7) is 2.32. The number of amides is 1. The van der Waals surface area contributed by atoms with E-state index < -0.39 is 6.17 Å². The normalized spacial score (nSPS) is 18.7. The molecule has 3 aromatic rings. The molecule has 0 aromatic heterocycles. The number of anilines is 3. The summed E-state index contributed by atoms with van der Waals surface area (Å²) in [5, 5.41) is 15.5. The molecule has 0 radical (unpaired) electrons. The van der Waals surface area contributed by atoms with Gasteiger partial charge in [0.1, 0.15) is 11.9 Å². The SMILES string of the molecule is O=C1c2ccccc2N[C@@H](c2ccc(N3CCOCC3)c([N+](=O)[O-])c2)N1c1ccc2c(c1)OCO2. The quantitative estimate of drug-likeness (QED) is 0.448. The van der Waals surface area contributed by atoms with Crippen molar-refractivity contribution in [3.8, 4) is 11.5 Å². The number of hydrogen-bond donors (Lipinski definition) is 1. The molecule has 0 unspecified atom stereocenters. The van der Waals surface area contributed by atoms with Crippen LogP contribution in [0.1, 0.15) is 22.1 Å². The van der Waals surface area contributed by atoms with E-state index in [1.54, 1.807) is 47.4 Å². The molecule has 0 saturated carbocycles. The minimum Gasteiger partial charge on any atom is -0.454 e. The molecule has 1 amide bonds. The summed E-state index contributed by atoms with van der Waals surface area (Å²) in [5.74, 6) is 0.929. The van der Waals surface area contributed by atoms with Crippen LogP contribution in [0.3, 0.4) is 0 Å². The minimum atomic E-state index is -0.671. The Balaban J connectivity index is 1.45. The highest BCUT2D eigenvalue weighted by Crippen LogP contribution is 2.42. The van der Waals surface area contributed by atoms with Crippen molar-refractivity contribution in [3.05, 3.63) is 81.9 Å². The fourth-order valence-corrected chi connectivity index (χ4v) is 4.72. The number of para-hydroxylation sites is 1. The largest absolute Gasteiger partial charge is 0.454 e. The number of nitrogens with zero attached hydrogens (tertiary/aromatic N) is 3. The lowest BCUT2D eigenvalue weighted by molar-refractivity contribution is -0.384. The highest BCUT2D eigenvalue weighted by Gasteiger charge is 2.36. The Hall–Kier alpha value is -4.31. The van der Waals surface area contributed by atoms with Crippen LogP contribution in [0.4, 0.5) is 22.7 Å². The molecule has 1 atom stereocenters. The molecular weight excluding hydrogens is 452 g/mol. The van der Waals surface area contributed by atoms with E-state index in [1.165, 1.54) is 0 Å². The molecule has 1 N–H and O–H groups in total. The van der Waals surface area contributed by atoms with Crippen molar-refractivity contribution in [3.63, 3.8) is 0 Å². The van der Waals surface area contributed by atoms with Crippen molar-refractivity contribution in [2.45, 2.75) is 6.17 Å². The summed E-state index contributed by atoms with van der Waals surface area (Å²) >= 11 is 0. The molecule has 0 aliphatic carbocycles. The molecular formula is C25H22N4O6. The highest BCUT2D eigenvalue weighted by molar-refractivity contribution is 6.12. The van der Waals surface area contributed by atoms with E-state index in [4.69, 9.17) is 14.2 Å². The molecule has 3 aliphatic heterocycles. The average molecular weight is 474 g/mol. The van der Waals surface area contributed by atoms with E-state index in [1.807, 2.05) is 23.1 Å². The van der Waals surface area contributed by atoms with Gasteiger partial charge in [-0.2, -0.15) is 0 Å². The number of fused-ring (bicyclic) bond motifs is 2. The number of morpholine rings is 1. The number of carbonyl (C=O) groups excluding carboxylic acids is 1. The van der Waals surface area contributed by atoms with Crippen molar-refractivity contribution >= 4 is 28.7 Å². The zero-order valence-electron chi connectivity index (χ0n) is 18.7. The lowest BCUT2D eigenvalue weighted by Gasteiger charge is -2.38. The second-order valence-electron chi connectivity index (χ2n) is 8.41. The van der Waals surface area contributed by atoms with Gasteiger partial charge in [0, 0.05) is 36.5 Å². The van der Waals surface area contributed by atoms with Crippen LogP contribution < -0.4 is 24.6 Å². The van der Waals surface area contributed by atoms with E-state index >= 15 is 0 Å². The van der Waals surface area contributed by atoms with Crippen LogP contribution in [0.15, 0.2) is 60.7 Å². The predicted octanol–water partition coefficient (Wildman–Crippen LogP) is 3.93. The van der Waals surface area contributed by atoms with Crippen molar-refractivity contribution in [1.82, 2.24) is 0 Å². The number of nitro groups is 1. The maximum absolute atomic E-state index is 13.7. The van der Waals surface area contributed by atoms with Crippen LogP contribution >= 0.6 is 0 Å². The third-order valence-corrected chi connectivity index (χ3v) is 6.42. The van der Waals surface area contributed by atoms with Gasteiger partial charge in [-0.05, 0) is 30.3 Å². The maximum atomic E-state index is 13.7. The lowest BCUT2D eigenvalue weighted by Crippen LogP contribution is -2.43. The van der Waals surface area contributed by atoms with E-state index in [9.17, 15) is 14.9 Å². The summed E-state index contributed by atoms with van der Waals surface area (Å²) in [4.78, 5) is 28.9. The Kier molecular flexibility index (Phi) is 5.14. The molecule has 3 aromatic carbocycles. The Morgan fingerprint density at radius 1 is 0.971 bits per heavy atom. The van der Waals surface area contributed by atoms with Crippen molar-refractivity contribution < 1.29 is 23.9 Å². The zero-order chi connectivity index (χ0) is 23.9. The van der Waals surface area contributed by atoms with E-state index in [-0.39, 0.29) is 23.3 Å². The molecule has 0 spiro atoms. The fourth-order valence-electron chi connectivity index (χ4n) is 4.72. The molecule has 1 saturated heterocycles. The second-order valence-corrected chi connectivity index (χ2v) is 8.41. The molecule has 10 heteroatoms. The van der Waals surface area contributed by atoms with Gasteiger partial charge in [0.25, 0.3) is 11.6 Å². The summed E-state index contributed by atoms with van der Waals surface area (Å²) in [6.07, 6.45) is -0.671. The number of benzene rings is 3. The van der Waals surface area contributed by atoms with Gasteiger partial charge in [0.2, 0.25) is 6.79 Å². The Morgan fingerprint density at radius 2 is 1.77 bits per heavy atom. The summed E-state index contributed by atoms with van der Waals surface area (Å²) < 4.78 is 16.3. The van der Waals surface area contributed by atoms with Gasteiger partial charge < -0.3 is 24.4 Å². The van der Waals surface area contributed by atoms with E-state index in [0.29, 0.717) is 66.0 Å². The molecule has 1 fully saturated rings. The van der Waals surface area contributed by atoms with Gasteiger partial charge in [-0.15, -0.1) is 0 Å². The Morgan fingerprint density at radius 3 is 2.60 bits per heavy atom. The van der Waals surface area contributed by atoms with Crippen LogP contribution in [0.5, 0.6) is 11.5 Å². The van der Waals surface area contributed by atoms with Crippen LogP contribution in [0.2, 0.25) is 0 Å². The van der Waals surface area contributed by atoms with Crippen LogP contribution in [0, 0.1) is 10.1 Å². The molecule has 0 bridgehead atoms. The molecule has 6 rings (SSSR count). The number of hydrogen-bond acceptors (Lipinski definition) is 8. The van der Waals surface area contributed by atoms with Crippen LogP contribution in [0.25, 0.3) is 0 Å². The van der Waals surface area contributed by atoms with Gasteiger partial charge in [-0.25, -0.2) is 0 Å². The lowest BCUT2D eigenvalue weighted by atomic mass is 10.0. The Bertz CT molecular complexity index is 1320. The molecule has 35 heavy (non-hydrogen) atoms. The first kappa shape index (κ1) is 21.2. The predicted molar refractivity (Wildman–Crippen MR) is 128 cm³/mol. The van der Waals surface area contributed by atoms with Crippen LogP contribution in [-0.4, -0.2) is 43.9 Å². The van der Waals surface area contributed by atoms with Crippen molar-refractivity contribution in [2.75, 3.05) is 48.2 Å². The molecule has 178 valence electrons. The first-order chi connectivity index (χ1) is 17.1. The number of carbonyl (C=O) groups is 1. The molecule has 10 nitrogen and oxygen atoms in total. The zero-order valence-corrected chi connectivity index (χ0v) is 18.7. The molecule has 3 aliphatic rings. The first-order valence-corrected chi connectivity index (χ1v) is 11.3. The van der Waals surface area contributed by atoms with Crippen molar-refractivity contribution in [2.24, 2.45) is 0 Å². The fraction of sp³-hybridized carbons (Fsp3) is 0.240. The summed E-state index contributed by atoms with van der Waals surface area (Å²) in [7, 11) is 0. The van der Waals surface area contributed by atoms with Gasteiger partial charge >= 0.3 is 0 Å². The third kappa shape index (κ3) is 3.68. The second kappa shape index (κ2) is 8.48. The minimum absolute atomic E-state index is 0.0110. The van der Waals surface area contributed by atoms with E-state index in [2.05, 4.69) is 5.32 Å². The van der Waals surface area contributed by atoms with Gasteiger partial charge in [-0.1, -0.05) is 18.2 Å². The smallest absolute Gasteiger partial charge is 0.292 e. The van der Waals surface area contributed by atoms with E-state index in [0.717, 1.165) is 0 Å².